The van der Waals surface area contributed by atoms with E-state index in [0.29, 0.717) is 23.5 Å². The van der Waals surface area contributed by atoms with E-state index in [4.69, 9.17) is 4.74 Å². The fourth-order valence-corrected chi connectivity index (χ4v) is 3.30. The van der Waals surface area contributed by atoms with Crippen molar-refractivity contribution in [2.24, 2.45) is 0 Å². The summed E-state index contributed by atoms with van der Waals surface area (Å²) in [5.74, 6) is 2.97. The van der Waals surface area contributed by atoms with Crippen LogP contribution in [-0.4, -0.2) is 20.5 Å². The summed E-state index contributed by atoms with van der Waals surface area (Å²) in [4.78, 5) is 13.0. The fraction of sp³-hybridized carbons (Fsp3) is 0.318. The summed E-state index contributed by atoms with van der Waals surface area (Å²) >= 11 is 1.64. The number of anilines is 2. The lowest BCUT2D eigenvalue weighted by atomic mass is 10.0. The van der Waals surface area contributed by atoms with E-state index in [1.807, 2.05) is 42.5 Å². The third kappa shape index (κ3) is 5.60. The zero-order valence-corrected chi connectivity index (χ0v) is 17.8. The summed E-state index contributed by atoms with van der Waals surface area (Å²) in [6, 6.07) is 17.5. The third-order valence-corrected chi connectivity index (χ3v) is 5.24. The van der Waals surface area contributed by atoms with Crippen LogP contribution in [0.25, 0.3) is 0 Å². The van der Waals surface area contributed by atoms with Crippen LogP contribution in [-0.2, 0) is 12.5 Å². The lowest BCUT2D eigenvalue weighted by molar-refractivity contribution is 0.296. The number of para-hydroxylation sites is 1. The molecule has 0 atom stereocenters. The first-order chi connectivity index (χ1) is 14.1. The standard InChI is InChI=1S/C22H26N4O2S/c1-4-29-15-26-21(27)20(14-28-19-8-6-5-7-9-19)24-25-22(26)23-18-12-10-17(11-13-18)16(2)3/h5-13,16H,4,14-15H2,1-3H3,(H,23,25). The van der Waals surface area contributed by atoms with E-state index in [1.165, 1.54) is 5.56 Å². The van der Waals surface area contributed by atoms with E-state index >= 15 is 0 Å². The van der Waals surface area contributed by atoms with E-state index in [1.54, 1.807) is 16.3 Å². The van der Waals surface area contributed by atoms with Gasteiger partial charge in [-0.25, -0.2) is 0 Å². The van der Waals surface area contributed by atoms with Crippen molar-refractivity contribution in [3.05, 3.63) is 76.2 Å². The van der Waals surface area contributed by atoms with Crippen LogP contribution >= 0.6 is 11.8 Å². The molecule has 0 bridgehead atoms. The Balaban J connectivity index is 1.82. The molecular formula is C22H26N4O2S. The Bertz CT molecular complexity index is 972. The van der Waals surface area contributed by atoms with Crippen LogP contribution in [0.4, 0.5) is 11.6 Å². The molecule has 0 aliphatic carbocycles. The van der Waals surface area contributed by atoms with Gasteiger partial charge < -0.3 is 10.1 Å². The van der Waals surface area contributed by atoms with Crippen molar-refractivity contribution >= 4 is 23.4 Å². The topological polar surface area (TPSA) is 69.0 Å². The summed E-state index contributed by atoms with van der Waals surface area (Å²) in [6.45, 7) is 6.45. The minimum Gasteiger partial charge on any atom is -0.487 e. The Morgan fingerprint density at radius 2 is 1.79 bits per heavy atom. The molecule has 3 rings (SSSR count). The number of nitrogens with zero attached hydrogens (tertiary/aromatic N) is 3. The van der Waals surface area contributed by atoms with Crippen molar-refractivity contribution < 1.29 is 4.74 Å². The SMILES string of the molecule is CCSCn1c(Nc2ccc(C(C)C)cc2)nnc(COc2ccccc2)c1=O. The van der Waals surface area contributed by atoms with Gasteiger partial charge in [0.15, 0.2) is 5.69 Å². The van der Waals surface area contributed by atoms with Gasteiger partial charge in [-0.15, -0.1) is 22.0 Å². The van der Waals surface area contributed by atoms with E-state index < -0.39 is 0 Å². The van der Waals surface area contributed by atoms with Crippen molar-refractivity contribution in [3.8, 4) is 5.75 Å². The lowest BCUT2D eigenvalue weighted by Crippen LogP contribution is -2.29. The molecule has 29 heavy (non-hydrogen) atoms. The summed E-state index contributed by atoms with van der Waals surface area (Å²) in [6.07, 6.45) is 0. The first-order valence-corrected chi connectivity index (χ1v) is 10.8. The maximum Gasteiger partial charge on any atom is 0.281 e. The molecule has 1 N–H and O–H groups in total. The molecule has 6 nitrogen and oxygen atoms in total. The number of aromatic nitrogens is 3. The molecule has 2 aromatic carbocycles. The van der Waals surface area contributed by atoms with Crippen LogP contribution in [0.1, 0.15) is 37.9 Å². The maximum absolute atomic E-state index is 13.0. The molecule has 0 radical (unpaired) electrons. The van der Waals surface area contributed by atoms with Crippen LogP contribution in [0.5, 0.6) is 5.75 Å². The average Bonchev–Trinajstić information content (AvgIpc) is 2.74. The molecule has 1 heterocycles. The van der Waals surface area contributed by atoms with Gasteiger partial charge in [0, 0.05) is 5.69 Å². The normalized spacial score (nSPS) is 10.9. The Hall–Kier alpha value is -2.80. The quantitative estimate of drug-likeness (QED) is 0.547. The number of benzene rings is 2. The largest absolute Gasteiger partial charge is 0.487 e. The number of nitrogens with one attached hydrogen (secondary N) is 1. The molecule has 0 saturated heterocycles. The minimum absolute atomic E-state index is 0.0794. The Labute approximate surface area is 175 Å². The van der Waals surface area contributed by atoms with Crippen LogP contribution in [0, 0.1) is 0 Å². The predicted molar refractivity (Wildman–Crippen MR) is 119 cm³/mol. The average molecular weight is 411 g/mol. The summed E-state index contributed by atoms with van der Waals surface area (Å²) in [7, 11) is 0. The highest BCUT2D eigenvalue weighted by molar-refractivity contribution is 7.98. The molecule has 0 saturated carbocycles. The van der Waals surface area contributed by atoms with Gasteiger partial charge in [-0.1, -0.05) is 51.1 Å². The number of hydrogen-bond donors (Lipinski definition) is 1. The highest BCUT2D eigenvalue weighted by atomic mass is 32.2. The van der Waals surface area contributed by atoms with E-state index in [-0.39, 0.29) is 17.9 Å². The van der Waals surface area contributed by atoms with Crippen molar-refractivity contribution in [3.63, 3.8) is 0 Å². The molecule has 0 aliphatic rings. The molecular weight excluding hydrogens is 384 g/mol. The van der Waals surface area contributed by atoms with Gasteiger partial charge in [0.25, 0.3) is 5.56 Å². The second kappa shape index (κ2) is 10.1. The van der Waals surface area contributed by atoms with Crippen LogP contribution < -0.4 is 15.6 Å². The van der Waals surface area contributed by atoms with Gasteiger partial charge >= 0.3 is 0 Å². The molecule has 0 fully saturated rings. The molecule has 0 aliphatic heterocycles. The Morgan fingerprint density at radius 3 is 2.45 bits per heavy atom. The first-order valence-electron chi connectivity index (χ1n) is 9.67. The van der Waals surface area contributed by atoms with Crippen molar-refractivity contribution in [2.75, 3.05) is 11.1 Å². The van der Waals surface area contributed by atoms with E-state index in [0.717, 1.165) is 11.4 Å². The van der Waals surface area contributed by atoms with Crippen molar-refractivity contribution in [1.29, 1.82) is 0 Å². The Morgan fingerprint density at radius 1 is 1.07 bits per heavy atom. The van der Waals surface area contributed by atoms with E-state index in [2.05, 4.69) is 48.4 Å². The number of thioether (sulfide) groups is 1. The van der Waals surface area contributed by atoms with Gasteiger partial charge in [0.05, 0.1) is 5.88 Å². The van der Waals surface area contributed by atoms with Gasteiger partial charge in [-0.3, -0.25) is 9.36 Å². The number of hydrogen-bond acceptors (Lipinski definition) is 6. The monoisotopic (exact) mass is 410 g/mol. The van der Waals surface area contributed by atoms with Crippen LogP contribution in [0.3, 0.4) is 0 Å². The zero-order valence-electron chi connectivity index (χ0n) is 17.0. The van der Waals surface area contributed by atoms with E-state index in [9.17, 15) is 4.79 Å². The molecule has 3 aromatic rings. The molecule has 152 valence electrons. The summed E-state index contributed by atoms with van der Waals surface area (Å²) < 4.78 is 7.30. The second-order valence-electron chi connectivity index (χ2n) is 6.83. The first kappa shape index (κ1) is 20.9. The van der Waals surface area contributed by atoms with Gasteiger partial charge in [0.1, 0.15) is 12.4 Å². The molecule has 0 amide bonds. The fourth-order valence-electron chi connectivity index (χ4n) is 2.69. The third-order valence-electron chi connectivity index (χ3n) is 4.39. The maximum atomic E-state index is 13.0. The van der Waals surface area contributed by atoms with Gasteiger partial charge in [0.2, 0.25) is 5.95 Å². The van der Waals surface area contributed by atoms with Gasteiger partial charge in [-0.2, -0.15) is 0 Å². The predicted octanol–water partition coefficient (Wildman–Crippen LogP) is 4.79. The minimum atomic E-state index is -0.196. The second-order valence-corrected chi connectivity index (χ2v) is 8.07. The van der Waals surface area contributed by atoms with Crippen LogP contribution in [0.15, 0.2) is 59.4 Å². The highest BCUT2D eigenvalue weighted by Gasteiger charge is 2.13. The van der Waals surface area contributed by atoms with Crippen molar-refractivity contribution in [2.45, 2.75) is 39.2 Å². The number of ether oxygens (including phenoxy) is 1. The number of rotatable bonds is 9. The smallest absolute Gasteiger partial charge is 0.281 e. The lowest BCUT2D eigenvalue weighted by Gasteiger charge is -2.14. The summed E-state index contributed by atoms with van der Waals surface area (Å²) in [5, 5.41) is 11.6. The molecule has 7 heteroatoms. The van der Waals surface area contributed by atoms with Gasteiger partial charge in [-0.05, 0) is 41.5 Å². The highest BCUT2D eigenvalue weighted by Crippen LogP contribution is 2.20. The zero-order chi connectivity index (χ0) is 20.6. The Kier molecular flexibility index (Phi) is 7.30. The molecule has 0 unspecified atom stereocenters. The molecule has 0 spiro atoms. The van der Waals surface area contributed by atoms with Crippen molar-refractivity contribution in [1.82, 2.24) is 14.8 Å². The molecule has 1 aromatic heterocycles. The van der Waals surface area contributed by atoms with Crippen LogP contribution in [0.2, 0.25) is 0 Å². The summed E-state index contributed by atoms with van der Waals surface area (Å²) in [5.41, 5.74) is 2.21.